The van der Waals surface area contributed by atoms with Crippen LogP contribution < -0.4 is 0 Å². The van der Waals surface area contributed by atoms with Crippen LogP contribution >= 0.6 is 0 Å². The molecule has 134 valence electrons. The maximum Gasteiger partial charge on any atom is 0.317 e. The van der Waals surface area contributed by atoms with E-state index in [2.05, 4.69) is 58.1 Å². The molecule has 1 aliphatic heterocycles. The molecular weight excluding hydrogens is 318 g/mol. The van der Waals surface area contributed by atoms with Crippen molar-refractivity contribution < 1.29 is 14.3 Å². The highest BCUT2D eigenvalue weighted by molar-refractivity contribution is 6.74. The second-order valence-electron chi connectivity index (χ2n) is 8.44. The van der Waals surface area contributed by atoms with Crippen molar-refractivity contribution in [1.29, 1.82) is 0 Å². The number of carbonyl (C=O) groups is 1. The molecule has 0 bridgehead atoms. The van der Waals surface area contributed by atoms with E-state index in [-0.39, 0.29) is 11.6 Å². The number of hydrogen-bond acceptors (Lipinski definition) is 3. The number of hydrogen-bond donors (Lipinski definition) is 1. The highest BCUT2D eigenvalue weighted by atomic mass is 28.4. The molecular formula is C19H31NO3Si. The van der Waals surface area contributed by atoms with E-state index in [0.717, 1.165) is 13.1 Å². The molecule has 1 heterocycles. The quantitative estimate of drug-likeness (QED) is 0.794. The Labute approximate surface area is 147 Å². The Morgan fingerprint density at radius 1 is 1.25 bits per heavy atom. The van der Waals surface area contributed by atoms with E-state index in [4.69, 9.17) is 9.53 Å². The summed E-state index contributed by atoms with van der Waals surface area (Å²) in [6.45, 7) is 13.7. The van der Waals surface area contributed by atoms with Crippen molar-refractivity contribution in [2.45, 2.75) is 44.8 Å². The lowest BCUT2D eigenvalue weighted by atomic mass is 9.90. The van der Waals surface area contributed by atoms with Gasteiger partial charge in [0.2, 0.25) is 0 Å². The number of nitrogens with zero attached hydrogens (tertiary/aromatic N) is 1. The molecule has 2 atom stereocenters. The zero-order valence-electron chi connectivity index (χ0n) is 15.6. The fourth-order valence-electron chi connectivity index (χ4n) is 3.06. The average molecular weight is 350 g/mol. The maximum absolute atomic E-state index is 11.1. The third kappa shape index (κ3) is 4.68. The van der Waals surface area contributed by atoms with Crippen LogP contribution in [0.15, 0.2) is 30.3 Å². The van der Waals surface area contributed by atoms with Crippen LogP contribution in [0.5, 0.6) is 0 Å². The molecule has 0 spiro atoms. The van der Waals surface area contributed by atoms with Crippen molar-refractivity contribution in [3.63, 3.8) is 0 Å². The topological polar surface area (TPSA) is 49.8 Å². The molecule has 2 unspecified atom stereocenters. The molecule has 1 saturated heterocycles. The molecule has 1 fully saturated rings. The number of likely N-dealkylation sites (tertiary alicyclic amines) is 1. The van der Waals surface area contributed by atoms with Crippen molar-refractivity contribution >= 4 is 14.3 Å². The summed E-state index contributed by atoms with van der Waals surface area (Å²) < 4.78 is 6.45. The van der Waals surface area contributed by atoms with E-state index < -0.39 is 14.3 Å². The summed E-state index contributed by atoms with van der Waals surface area (Å²) in [7, 11) is -1.79. The van der Waals surface area contributed by atoms with E-state index in [0.29, 0.717) is 18.4 Å². The van der Waals surface area contributed by atoms with E-state index in [9.17, 15) is 4.79 Å². The van der Waals surface area contributed by atoms with Crippen molar-refractivity contribution in [2.24, 2.45) is 5.92 Å². The molecule has 0 aromatic heterocycles. The van der Waals surface area contributed by atoms with Crippen LogP contribution in [0.1, 0.15) is 32.3 Å². The molecule has 2 rings (SSSR count). The lowest BCUT2D eigenvalue weighted by Crippen LogP contribution is -2.42. The van der Waals surface area contributed by atoms with Gasteiger partial charge in [-0.15, -0.1) is 0 Å². The normalized spacial score (nSPS) is 22.7. The van der Waals surface area contributed by atoms with E-state index >= 15 is 0 Å². The SMILES string of the molecule is CC(C)(C)[Si](C)(C)OCC1CN(CC(=O)O)CC1c1ccccc1. The van der Waals surface area contributed by atoms with Crippen LogP contribution in [-0.2, 0) is 9.22 Å². The van der Waals surface area contributed by atoms with Crippen LogP contribution in [0.2, 0.25) is 18.1 Å². The lowest BCUT2D eigenvalue weighted by molar-refractivity contribution is -0.138. The Kier molecular flexibility index (Phi) is 5.89. The fraction of sp³-hybridized carbons (Fsp3) is 0.632. The van der Waals surface area contributed by atoms with Crippen LogP contribution in [-0.4, -0.2) is 50.5 Å². The Morgan fingerprint density at radius 2 is 1.88 bits per heavy atom. The number of aliphatic carboxylic acids is 1. The summed E-state index contributed by atoms with van der Waals surface area (Å²) in [6.07, 6.45) is 0. The second-order valence-corrected chi connectivity index (χ2v) is 13.2. The monoisotopic (exact) mass is 349 g/mol. The van der Waals surface area contributed by atoms with Gasteiger partial charge in [-0.2, -0.15) is 0 Å². The molecule has 0 aliphatic carbocycles. The maximum atomic E-state index is 11.1. The second kappa shape index (κ2) is 7.38. The first-order chi connectivity index (χ1) is 11.1. The minimum absolute atomic E-state index is 0.111. The van der Waals surface area contributed by atoms with E-state index in [1.807, 2.05) is 11.0 Å². The molecule has 1 aliphatic rings. The predicted molar refractivity (Wildman–Crippen MR) is 99.9 cm³/mol. The minimum Gasteiger partial charge on any atom is -0.480 e. The number of carboxylic acids is 1. The molecule has 1 aromatic rings. The summed E-state index contributed by atoms with van der Waals surface area (Å²) in [5, 5.41) is 9.31. The Hall–Kier alpha value is -1.17. The van der Waals surface area contributed by atoms with Crippen LogP contribution in [0, 0.1) is 5.92 Å². The zero-order valence-corrected chi connectivity index (χ0v) is 16.6. The molecule has 0 radical (unpaired) electrons. The van der Waals surface area contributed by atoms with E-state index in [1.54, 1.807) is 0 Å². The molecule has 0 amide bonds. The zero-order chi connectivity index (χ0) is 18.0. The number of rotatable bonds is 6. The average Bonchev–Trinajstić information content (AvgIpc) is 2.87. The van der Waals surface area contributed by atoms with Gasteiger partial charge in [0.25, 0.3) is 0 Å². The third-order valence-electron chi connectivity index (χ3n) is 5.57. The summed E-state index contributed by atoms with van der Waals surface area (Å²) in [5.74, 6) is -0.0658. The molecule has 24 heavy (non-hydrogen) atoms. The molecule has 1 aromatic carbocycles. The van der Waals surface area contributed by atoms with Gasteiger partial charge in [0.15, 0.2) is 8.32 Å². The summed E-state index contributed by atoms with van der Waals surface area (Å²) >= 11 is 0. The minimum atomic E-state index is -1.79. The number of carboxylic acid groups (broad SMARTS) is 1. The standard InChI is InChI=1S/C19H31NO3Si/c1-19(2,3)24(4,5)23-14-16-11-20(13-18(21)22)12-17(16)15-9-7-6-8-10-15/h6-10,16-17H,11-14H2,1-5H3,(H,21,22). The summed E-state index contributed by atoms with van der Waals surface area (Å²) in [4.78, 5) is 13.1. The fourth-order valence-corrected chi connectivity index (χ4v) is 4.12. The van der Waals surface area contributed by atoms with Gasteiger partial charge in [0, 0.05) is 31.5 Å². The van der Waals surface area contributed by atoms with Gasteiger partial charge in [-0.05, 0) is 23.7 Å². The first kappa shape index (κ1) is 19.2. The van der Waals surface area contributed by atoms with Crippen molar-refractivity contribution in [3.05, 3.63) is 35.9 Å². The van der Waals surface area contributed by atoms with Crippen molar-refractivity contribution in [1.82, 2.24) is 4.90 Å². The molecule has 4 nitrogen and oxygen atoms in total. The summed E-state index contributed by atoms with van der Waals surface area (Å²) in [5.41, 5.74) is 1.29. The first-order valence-corrected chi connectivity index (χ1v) is 11.6. The smallest absolute Gasteiger partial charge is 0.317 e. The van der Waals surface area contributed by atoms with Gasteiger partial charge >= 0.3 is 5.97 Å². The molecule has 0 saturated carbocycles. The molecule has 1 N–H and O–H groups in total. The highest BCUT2D eigenvalue weighted by Gasteiger charge is 2.40. The van der Waals surface area contributed by atoms with Gasteiger partial charge in [-0.25, -0.2) is 0 Å². The predicted octanol–water partition coefficient (Wildman–Crippen LogP) is 3.81. The van der Waals surface area contributed by atoms with Gasteiger partial charge in [-0.1, -0.05) is 51.1 Å². The van der Waals surface area contributed by atoms with Gasteiger partial charge in [-0.3, -0.25) is 9.69 Å². The number of benzene rings is 1. The van der Waals surface area contributed by atoms with Crippen LogP contribution in [0.3, 0.4) is 0 Å². The largest absolute Gasteiger partial charge is 0.480 e. The van der Waals surface area contributed by atoms with Gasteiger partial charge in [0.1, 0.15) is 0 Å². The molecule has 5 heteroatoms. The first-order valence-electron chi connectivity index (χ1n) is 8.73. The van der Waals surface area contributed by atoms with Crippen molar-refractivity contribution in [3.8, 4) is 0 Å². The Bertz CT molecular complexity index is 553. The van der Waals surface area contributed by atoms with Crippen LogP contribution in [0.4, 0.5) is 0 Å². The lowest BCUT2D eigenvalue weighted by Gasteiger charge is -2.37. The van der Waals surface area contributed by atoms with Crippen molar-refractivity contribution in [2.75, 3.05) is 26.2 Å². The Balaban J connectivity index is 2.10. The highest BCUT2D eigenvalue weighted by Crippen LogP contribution is 2.39. The third-order valence-corrected chi connectivity index (χ3v) is 10.1. The summed E-state index contributed by atoms with van der Waals surface area (Å²) in [6, 6.07) is 10.4. The van der Waals surface area contributed by atoms with E-state index in [1.165, 1.54) is 5.56 Å². The van der Waals surface area contributed by atoms with Crippen LogP contribution in [0.25, 0.3) is 0 Å². The Morgan fingerprint density at radius 3 is 2.42 bits per heavy atom. The van der Waals surface area contributed by atoms with Gasteiger partial charge in [0.05, 0.1) is 6.54 Å². The van der Waals surface area contributed by atoms with Gasteiger partial charge < -0.3 is 9.53 Å².